The number of pyridine rings is 1. The van der Waals surface area contributed by atoms with E-state index in [1.165, 1.54) is 0 Å². The van der Waals surface area contributed by atoms with E-state index in [0.717, 1.165) is 53.5 Å². The van der Waals surface area contributed by atoms with Crippen LogP contribution in [0, 0.1) is 13.8 Å². The molecular formula is C16H22N4. The molecule has 0 fully saturated rings. The molecule has 0 aliphatic carbocycles. The van der Waals surface area contributed by atoms with Crippen LogP contribution in [-0.2, 0) is 6.42 Å². The molecule has 2 rings (SSSR count). The number of nitrogens with zero attached hydrogens (tertiary/aromatic N) is 3. The molecule has 1 N–H and O–H groups in total. The van der Waals surface area contributed by atoms with E-state index < -0.39 is 0 Å². The monoisotopic (exact) mass is 270 g/mol. The molecule has 2 aromatic rings. The third-order valence-corrected chi connectivity index (χ3v) is 3.18. The van der Waals surface area contributed by atoms with E-state index in [1.807, 2.05) is 19.2 Å². The zero-order chi connectivity index (χ0) is 14.5. The van der Waals surface area contributed by atoms with E-state index >= 15 is 0 Å². The Balaban J connectivity index is 2.55. The second kappa shape index (κ2) is 6.46. The Bertz CT molecular complexity index is 593. The van der Waals surface area contributed by atoms with Gasteiger partial charge in [-0.15, -0.1) is 0 Å². The first-order valence-corrected chi connectivity index (χ1v) is 7.20. The lowest BCUT2D eigenvalue weighted by atomic mass is 10.1. The van der Waals surface area contributed by atoms with Crippen LogP contribution in [-0.4, -0.2) is 21.5 Å². The highest BCUT2D eigenvalue weighted by molar-refractivity contribution is 5.68. The van der Waals surface area contributed by atoms with Crippen LogP contribution in [0.1, 0.15) is 37.4 Å². The topological polar surface area (TPSA) is 50.7 Å². The van der Waals surface area contributed by atoms with Gasteiger partial charge in [0.25, 0.3) is 0 Å². The Labute approximate surface area is 120 Å². The van der Waals surface area contributed by atoms with Crippen molar-refractivity contribution in [1.82, 2.24) is 15.0 Å². The summed E-state index contributed by atoms with van der Waals surface area (Å²) in [6.45, 7) is 9.15. The van der Waals surface area contributed by atoms with Crippen LogP contribution < -0.4 is 5.32 Å². The van der Waals surface area contributed by atoms with Gasteiger partial charge in [0.2, 0.25) is 0 Å². The second-order valence-corrected chi connectivity index (χ2v) is 4.93. The van der Waals surface area contributed by atoms with Crippen molar-refractivity contribution >= 4 is 5.82 Å². The summed E-state index contributed by atoms with van der Waals surface area (Å²) in [6, 6.07) is 4.08. The smallest absolute Gasteiger partial charge is 0.133 e. The Morgan fingerprint density at radius 1 is 1.15 bits per heavy atom. The Kier molecular flexibility index (Phi) is 4.66. The van der Waals surface area contributed by atoms with Crippen LogP contribution in [0.15, 0.2) is 18.3 Å². The fraction of sp³-hybridized carbons (Fsp3) is 0.438. The Morgan fingerprint density at radius 3 is 2.60 bits per heavy atom. The fourth-order valence-corrected chi connectivity index (χ4v) is 2.21. The van der Waals surface area contributed by atoms with Crippen LogP contribution >= 0.6 is 0 Å². The molecule has 0 aliphatic rings. The number of aryl methyl sites for hydroxylation is 2. The number of rotatable bonds is 5. The summed E-state index contributed by atoms with van der Waals surface area (Å²) in [4.78, 5) is 13.6. The number of aromatic nitrogens is 3. The van der Waals surface area contributed by atoms with E-state index in [1.54, 1.807) is 0 Å². The van der Waals surface area contributed by atoms with Crippen LogP contribution in [0.25, 0.3) is 11.3 Å². The van der Waals surface area contributed by atoms with Crippen molar-refractivity contribution in [2.24, 2.45) is 0 Å². The Morgan fingerprint density at radius 2 is 1.95 bits per heavy atom. The lowest BCUT2D eigenvalue weighted by Gasteiger charge is -2.13. The number of anilines is 1. The first kappa shape index (κ1) is 14.4. The number of hydrogen-bond acceptors (Lipinski definition) is 4. The number of nitrogens with one attached hydrogen (secondary N) is 1. The molecule has 0 bridgehead atoms. The van der Waals surface area contributed by atoms with Gasteiger partial charge in [0.05, 0.1) is 5.69 Å². The fourth-order valence-electron chi connectivity index (χ4n) is 2.21. The molecule has 4 heteroatoms. The number of hydrogen-bond donors (Lipinski definition) is 1. The van der Waals surface area contributed by atoms with Crippen LogP contribution in [0.3, 0.4) is 0 Å². The summed E-state index contributed by atoms with van der Waals surface area (Å²) in [5.74, 6) is 1.84. The van der Waals surface area contributed by atoms with E-state index in [2.05, 4.69) is 42.1 Å². The zero-order valence-corrected chi connectivity index (χ0v) is 12.7. The summed E-state index contributed by atoms with van der Waals surface area (Å²) in [5.41, 5.74) is 4.21. The predicted octanol–water partition coefficient (Wildman–Crippen LogP) is 3.54. The van der Waals surface area contributed by atoms with Crippen molar-refractivity contribution in [3.8, 4) is 11.3 Å². The van der Waals surface area contributed by atoms with Gasteiger partial charge in [-0.2, -0.15) is 0 Å². The van der Waals surface area contributed by atoms with Crippen LogP contribution in [0.5, 0.6) is 0 Å². The maximum absolute atomic E-state index is 4.74. The lowest BCUT2D eigenvalue weighted by Crippen LogP contribution is -2.08. The predicted molar refractivity (Wildman–Crippen MR) is 82.9 cm³/mol. The third-order valence-electron chi connectivity index (χ3n) is 3.18. The SMILES string of the molecule is CCCc1nc(NCC)c(C)c(-c2ccnc(C)c2)n1. The van der Waals surface area contributed by atoms with Gasteiger partial charge in [0.15, 0.2) is 0 Å². The molecule has 20 heavy (non-hydrogen) atoms. The first-order chi connectivity index (χ1) is 9.65. The molecule has 4 nitrogen and oxygen atoms in total. The van der Waals surface area contributed by atoms with Gasteiger partial charge in [0, 0.05) is 36.0 Å². The van der Waals surface area contributed by atoms with Crippen molar-refractivity contribution < 1.29 is 0 Å². The normalized spacial score (nSPS) is 10.6. The average molecular weight is 270 g/mol. The highest BCUT2D eigenvalue weighted by atomic mass is 15.0. The molecule has 0 saturated heterocycles. The minimum atomic E-state index is 0.859. The standard InChI is InChI=1S/C16H22N4/c1-5-7-14-19-15(12(4)16(20-14)17-6-2)13-8-9-18-11(3)10-13/h8-10H,5-7H2,1-4H3,(H,17,19,20). The van der Waals surface area contributed by atoms with Gasteiger partial charge in [0.1, 0.15) is 11.6 Å². The summed E-state index contributed by atoms with van der Waals surface area (Å²) < 4.78 is 0. The van der Waals surface area contributed by atoms with Crippen molar-refractivity contribution in [2.45, 2.75) is 40.5 Å². The molecular weight excluding hydrogens is 248 g/mol. The summed E-state index contributed by atoms with van der Waals surface area (Å²) >= 11 is 0. The molecule has 0 aliphatic heterocycles. The minimum Gasteiger partial charge on any atom is -0.370 e. The van der Waals surface area contributed by atoms with Crippen LogP contribution in [0.4, 0.5) is 5.82 Å². The minimum absolute atomic E-state index is 0.859. The lowest BCUT2D eigenvalue weighted by molar-refractivity contribution is 0.833. The molecule has 0 amide bonds. The maximum atomic E-state index is 4.74. The van der Waals surface area contributed by atoms with Crippen LogP contribution in [0.2, 0.25) is 0 Å². The molecule has 2 heterocycles. The highest BCUT2D eigenvalue weighted by Gasteiger charge is 2.12. The molecule has 106 valence electrons. The average Bonchev–Trinajstić information content (AvgIpc) is 2.43. The highest BCUT2D eigenvalue weighted by Crippen LogP contribution is 2.26. The Hall–Kier alpha value is -1.97. The zero-order valence-electron chi connectivity index (χ0n) is 12.7. The van der Waals surface area contributed by atoms with Crippen molar-refractivity contribution in [1.29, 1.82) is 0 Å². The third kappa shape index (κ3) is 3.13. The van der Waals surface area contributed by atoms with Gasteiger partial charge in [-0.25, -0.2) is 9.97 Å². The molecule has 0 atom stereocenters. The first-order valence-electron chi connectivity index (χ1n) is 7.20. The van der Waals surface area contributed by atoms with Crippen molar-refractivity contribution in [3.05, 3.63) is 35.4 Å². The second-order valence-electron chi connectivity index (χ2n) is 4.93. The van der Waals surface area contributed by atoms with E-state index in [9.17, 15) is 0 Å². The maximum Gasteiger partial charge on any atom is 0.133 e. The van der Waals surface area contributed by atoms with E-state index in [0.29, 0.717) is 0 Å². The van der Waals surface area contributed by atoms with Gasteiger partial charge < -0.3 is 5.32 Å². The molecule has 0 radical (unpaired) electrons. The van der Waals surface area contributed by atoms with Gasteiger partial charge >= 0.3 is 0 Å². The summed E-state index contributed by atoms with van der Waals surface area (Å²) in [5, 5.41) is 3.33. The van der Waals surface area contributed by atoms with Gasteiger partial charge in [-0.3, -0.25) is 4.98 Å². The molecule has 0 unspecified atom stereocenters. The molecule has 2 aromatic heterocycles. The van der Waals surface area contributed by atoms with Crippen molar-refractivity contribution in [3.63, 3.8) is 0 Å². The quantitative estimate of drug-likeness (QED) is 0.903. The van der Waals surface area contributed by atoms with Crippen molar-refractivity contribution in [2.75, 3.05) is 11.9 Å². The molecule has 0 aromatic carbocycles. The van der Waals surface area contributed by atoms with Gasteiger partial charge in [-0.05, 0) is 39.3 Å². The molecule has 0 saturated carbocycles. The van der Waals surface area contributed by atoms with E-state index in [4.69, 9.17) is 4.98 Å². The molecule has 0 spiro atoms. The summed E-state index contributed by atoms with van der Waals surface area (Å²) in [6.07, 6.45) is 3.78. The summed E-state index contributed by atoms with van der Waals surface area (Å²) in [7, 11) is 0. The van der Waals surface area contributed by atoms with Gasteiger partial charge in [-0.1, -0.05) is 6.92 Å². The van der Waals surface area contributed by atoms with E-state index in [-0.39, 0.29) is 0 Å². The largest absolute Gasteiger partial charge is 0.370 e.